The Morgan fingerprint density at radius 1 is 1.21 bits per heavy atom. The Morgan fingerprint density at radius 3 is 2.71 bits per heavy atom. The van der Waals surface area contributed by atoms with Gasteiger partial charge in [0.2, 0.25) is 0 Å². The van der Waals surface area contributed by atoms with Crippen molar-refractivity contribution in [1.29, 1.82) is 0 Å². The first-order valence-corrected chi connectivity index (χ1v) is 7.75. The molecule has 0 aliphatic carbocycles. The summed E-state index contributed by atoms with van der Waals surface area (Å²) in [4.78, 5) is 24.8. The molecule has 1 heterocycles. The molecule has 0 spiro atoms. The van der Waals surface area contributed by atoms with Gasteiger partial charge in [0.05, 0.1) is 12.7 Å². The minimum Gasteiger partial charge on any atom is -0.496 e. The maximum absolute atomic E-state index is 12.6. The Morgan fingerprint density at radius 2 is 1.92 bits per heavy atom. The highest BCUT2D eigenvalue weighted by Gasteiger charge is 2.42. The number of nitrogens with one attached hydrogen (secondary N) is 1. The SMILES string of the molecule is COc1ccccc1CNC(=O)C1(C)Cc2ccccc2C(=O)O1. The highest BCUT2D eigenvalue weighted by Crippen LogP contribution is 2.28. The fourth-order valence-electron chi connectivity index (χ4n) is 2.87. The molecule has 0 bridgehead atoms. The van der Waals surface area contributed by atoms with Crippen LogP contribution in [-0.4, -0.2) is 24.6 Å². The number of hydrogen-bond acceptors (Lipinski definition) is 4. The molecule has 1 aliphatic heterocycles. The molecular formula is C19H19NO4. The van der Waals surface area contributed by atoms with Gasteiger partial charge in [-0.1, -0.05) is 36.4 Å². The van der Waals surface area contributed by atoms with Crippen molar-refractivity contribution >= 4 is 11.9 Å². The number of amides is 1. The molecule has 3 rings (SSSR count). The van der Waals surface area contributed by atoms with E-state index in [1.54, 1.807) is 26.2 Å². The largest absolute Gasteiger partial charge is 0.496 e. The van der Waals surface area contributed by atoms with E-state index in [9.17, 15) is 9.59 Å². The third-order valence-electron chi connectivity index (χ3n) is 4.20. The van der Waals surface area contributed by atoms with Crippen molar-refractivity contribution in [1.82, 2.24) is 5.32 Å². The predicted octanol–water partition coefficient (Wildman–Crippen LogP) is 2.48. The summed E-state index contributed by atoms with van der Waals surface area (Å²) in [6.07, 6.45) is 0.354. The van der Waals surface area contributed by atoms with Gasteiger partial charge in [-0.25, -0.2) is 4.79 Å². The summed E-state index contributed by atoms with van der Waals surface area (Å²) in [6, 6.07) is 14.7. The predicted molar refractivity (Wildman–Crippen MR) is 88.8 cm³/mol. The smallest absolute Gasteiger partial charge is 0.339 e. The van der Waals surface area contributed by atoms with Gasteiger partial charge in [-0.15, -0.1) is 0 Å². The van der Waals surface area contributed by atoms with Gasteiger partial charge < -0.3 is 14.8 Å². The number of carbonyl (C=O) groups is 2. The summed E-state index contributed by atoms with van der Waals surface area (Å²) in [6.45, 7) is 1.94. The van der Waals surface area contributed by atoms with Crippen LogP contribution in [0.25, 0.3) is 0 Å². The quantitative estimate of drug-likeness (QED) is 0.877. The Kier molecular flexibility index (Phi) is 4.25. The van der Waals surface area contributed by atoms with Crippen LogP contribution < -0.4 is 10.1 Å². The van der Waals surface area contributed by atoms with E-state index in [0.29, 0.717) is 24.3 Å². The Hall–Kier alpha value is -2.82. The maximum atomic E-state index is 12.6. The van der Waals surface area contributed by atoms with Gasteiger partial charge in [-0.2, -0.15) is 0 Å². The molecule has 1 N–H and O–H groups in total. The van der Waals surface area contributed by atoms with Gasteiger partial charge in [0.1, 0.15) is 5.75 Å². The molecule has 0 fully saturated rings. The Balaban J connectivity index is 1.74. The Bertz CT molecular complexity index is 786. The molecule has 5 heteroatoms. The molecule has 0 radical (unpaired) electrons. The van der Waals surface area contributed by atoms with E-state index in [1.807, 2.05) is 36.4 Å². The lowest BCUT2D eigenvalue weighted by Crippen LogP contribution is -2.51. The number of rotatable bonds is 4. The lowest BCUT2D eigenvalue weighted by molar-refractivity contribution is -0.140. The summed E-state index contributed by atoms with van der Waals surface area (Å²) < 4.78 is 10.7. The first kappa shape index (κ1) is 16.1. The van der Waals surface area contributed by atoms with Crippen LogP contribution in [-0.2, 0) is 22.5 Å². The average molecular weight is 325 g/mol. The third kappa shape index (κ3) is 2.97. The topological polar surface area (TPSA) is 64.6 Å². The van der Waals surface area contributed by atoms with E-state index in [1.165, 1.54) is 0 Å². The van der Waals surface area contributed by atoms with E-state index in [0.717, 1.165) is 11.1 Å². The van der Waals surface area contributed by atoms with Crippen LogP contribution in [0.1, 0.15) is 28.4 Å². The zero-order chi connectivity index (χ0) is 17.2. The summed E-state index contributed by atoms with van der Waals surface area (Å²) in [5.74, 6) is -0.0861. The van der Waals surface area contributed by atoms with Gasteiger partial charge in [0.15, 0.2) is 5.60 Å². The van der Waals surface area contributed by atoms with Crippen molar-refractivity contribution in [2.24, 2.45) is 0 Å². The lowest BCUT2D eigenvalue weighted by Gasteiger charge is -2.33. The van der Waals surface area contributed by atoms with Crippen LogP contribution in [0.4, 0.5) is 0 Å². The van der Waals surface area contributed by atoms with E-state index in [-0.39, 0.29) is 5.91 Å². The molecule has 124 valence electrons. The van der Waals surface area contributed by atoms with Crippen molar-refractivity contribution in [3.05, 3.63) is 65.2 Å². The first-order valence-electron chi connectivity index (χ1n) is 7.75. The minimum absolute atomic E-state index is 0.303. The fraction of sp³-hybridized carbons (Fsp3) is 0.263. The second-order valence-corrected chi connectivity index (χ2v) is 5.95. The monoisotopic (exact) mass is 325 g/mol. The zero-order valence-corrected chi connectivity index (χ0v) is 13.7. The number of esters is 1. The minimum atomic E-state index is -1.21. The molecule has 0 saturated carbocycles. The third-order valence-corrected chi connectivity index (χ3v) is 4.20. The molecule has 24 heavy (non-hydrogen) atoms. The summed E-state index contributed by atoms with van der Waals surface area (Å²) in [7, 11) is 1.59. The number of cyclic esters (lactones) is 1. The molecule has 2 aromatic carbocycles. The second kappa shape index (κ2) is 6.35. The van der Waals surface area contributed by atoms with Gasteiger partial charge in [0, 0.05) is 18.5 Å². The number of carbonyl (C=O) groups excluding carboxylic acids is 2. The van der Waals surface area contributed by atoms with Crippen molar-refractivity contribution in [3.63, 3.8) is 0 Å². The first-order chi connectivity index (χ1) is 11.5. The molecule has 0 aromatic heterocycles. The van der Waals surface area contributed by atoms with Crippen LogP contribution in [0.15, 0.2) is 48.5 Å². The molecule has 1 aliphatic rings. The summed E-state index contributed by atoms with van der Waals surface area (Å²) in [5.41, 5.74) is 0.990. The molecule has 0 saturated heterocycles. The average Bonchev–Trinajstić information content (AvgIpc) is 2.59. The second-order valence-electron chi connectivity index (χ2n) is 5.95. The van der Waals surface area contributed by atoms with E-state index in [2.05, 4.69) is 5.32 Å². The normalized spacial score (nSPS) is 19.2. The van der Waals surface area contributed by atoms with Crippen molar-refractivity contribution < 1.29 is 19.1 Å². The summed E-state index contributed by atoms with van der Waals surface area (Å²) in [5, 5.41) is 2.84. The van der Waals surface area contributed by atoms with Crippen LogP contribution >= 0.6 is 0 Å². The highest BCUT2D eigenvalue weighted by molar-refractivity contribution is 5.97. The molecular weight excluding hydrogens is 306 g/mol. The number of ether oxygens (including phenoxy) is 2. The van der Waals surface area contributed by atoms with Gasteiger partial charge in [-0.3, -0.25) is 4.79 Å². The van der Waals surface area contributed by atoms with Gasteiger partial charge in [0.25, 0.3) is 5.91 Å². The van der Waals surface area contributed by atoms with Crippen molar-refractivity contribution in [3.8, 4) is 5.75 Å². The number of hydrogen-bond donors (Lipinski definition) is 1. The van der Waals surface area contributed by atoms with E-state index >= 15 is 0 Å². The molecule has 1 unspecified atom stereocenters. The van der Waals surface area contributed by atoms with Crippen molar-refractivity contribution in [2.45, 2.75) is 25.5 Å². The summed E-state index contributed by atoms with van der Waals surface area (Å²) >= 11 is 0. The molecule has 1 amide bonds. The highest BCUT2D eigenvalue weighted by atomic mass is 16.6. The van der Waals surface area contributed by atoms with E-state index < -0.39 is 11.6 Å². The van der Waals surface area contributed by atoms with Gasteiger partial charge in [-0.05, 0) is 24.6 Å². The van der Waals surface area contributed by atoms with Crippen LogP contribution in [0.5, 0.6) is 5.75 Å². The fourth-order valence-corrected chi connectivity index (χ4v) is 2.87. The standard InChI is InChI=1S/C19H19NO4/c1-19(11-13-7-3-5-9-15(13)17(21)24-19)18(22)20-12-14-8-4-6-10-16(14)23-2/h3-10H,11-12H2,1-2H3,(H,20,22). The zero-order valence-electron chi connectivity index (χ0n) is 13.7. The number of para-hydroxylation sites is 1. The van der Waals surface area contributed by atoms with Crippen LogP contribution in [0.3, 0.4) is 0 Å². The van der Waals surface area contributed by atoms with E-state index in [4.69, 9.17) is 9.47 Å². The lowest BCUT2D eigenvalue weighted by atomic mass is 9.89. The maximum Gasteiger partial charge on any atom is 0.339 e. The van der Waals surface area contributed by atoms with Crippen molar-refractivity contribution in [2.75, 3.05) is 7.11 Å². The molecule has 5 nitrogen and oxygen atoms in total. The number of fused-ring (bicyclic) bond motifs is 1. The number of benzene rings is 2. The number of methoxy groups -OCH3 is 1. The Labute approximate surface area is 140 Å². The molecule has 1 atom stereocenters. The molecule has 2 aromatic rings. The van der Waals surface area contributed by atoms with Crippen LogP contribution in [0, 0.1) is 0 Å². The van der Waals surface area contributed by atoms with Gasteiger partial charge >= 0.3 is 5.97 Å². The van der Waals surface area contributed by atoms with Crippen LogP contribution in [0.2, 0.25) is 0 Å².